The van der Waals surface area contributed by atoms with Crippen LogP contribution < -0.4 is 5.32 Å². The van der Waals surface area contributed by atoms with Crippen molar-refractivity contribution in [2.24, 2.45) is 0 Å². The summed E-state index contributed by atoms with van der Waals surface area (Å²) >= 11 is 0. The number of furan rings is 1. The van der Waals surface area contributed by atoms with Crippen LogP contribution in [-0.4, -0.2) is 11.1 Å². The predicted octanol–water partition coefficient (Wildman–Crippen LogP) is 3.79. The third-order valence-corrected chi connectivity index (χ3v) is 2.53. The van der Waals surface area contributed by atoms with E-state index in [-0.39, 0.29) is 11.1 Å². The summed E-state index contributed by atoms with van der Waals surface area (Å²) in [7, 11) is 0. The molecule has 3 nitrogen and oxygen atoms in total. The Balaban J connectivity index is 2.59. The second-order valence-corrected chi connectivity index (χ2v) is 6.80. The summed E-state index contributed by atoms with van der Waals surface area (Å²) in [6, 6.07) is 2.08. The van der Waals surface area contributed by atoms with Gasteiger partial charge in [0.25, 0.3) is 0 Å². The van der Waals surface area contributed by atoms with Crippen LogP contribution in [0.5, 0.6) is 0 Å². The van der Waals surface area contributed by atoms with Gasteiger partial charge in [-0.1, -0.05) is 0 Å². The van der Waals surface area contributed by atoms with Gasteiger partial charge in [-0.05, 0) is 54.5 Å². The zero-order chi connectivity index (χ0) is 14.0. The first-order chi connectivity index (χ1) is 8.07. The Kier molecular flexibility index (Phi) is 4.62. The van der Waals surface area contributed by atoms with Gasteiger partial charge in [0.2, 0.25) is 0 Å². The van der Waals surface area contributed by atoms with E-state index in [0.29, 0.717) is 6.61 Å². The highest BCUT2D eigenvalue weighted by atomic mass is 16.5. The molecular weight excluding hydrogens is 226 g/mol. The van der Waals surface area contributed by atoms with Gasteiger partial charge in [0.15, 0.2) is 0 Å². The van der Waals surface area contributed by atoms with Gasteiger partial charge in [-0.2, -0.15) is 0 Å². The molecule has 1 rings (SSSR count). The summed E-state index contributed by atoms with van der Waals surface area (Å²) < 4.78 is 11.4. The second-order valence-electron chi connectivity index (χ2n) is 6.80. The van der Waals surface area contributed by atoms with Gasteiger partial charge in [0.1, 0.15) is 18.1 Å². The van der Waals surface area contributed by atoms with E-state index in [0.717, 1.165) is 18.1 Å². The lowest BCUT2D eigenvalue weighted by atomic mass is 10.1. The Bertz CT molecular complexity index is 380. The van der Waals surface area contributed by atoms with Gasteiger partial charge in [0, 0.05) is 17.6 Å². The molecule has 0 fully saturated rings. The van der Waals surface area contributed by atoms with Gasteiger partial charge < -0.3 is 14.5 Å². The summed E-state index contributed by atoms with van der Waals surface area (Å²) in [5.74, 6) is 1.87. The molecule has 104 valence electrons. The maximum atomic E-state index is 5.71. The lowest BCUT2D eigenvalue weighted by Crippen LogP contribution is -2.35. The zero-order valence-electron chi connectivity index (χ0n) is 12.8. The fraction of sp³-hybridized carbons (Fsp3) is 0.733. The van der Waals surface area contributed by atoms with Gasteiger partial charge in [0.05, 0.1) is 5.60 Å². The van der Waals surface area contributed by atoms with Crippen LogP contribution >= 0.6 is 0 Å². The van der Waals surface area contributed by atoms with Crippen LogP contribution in [-0.2, 0) is 17.9 Å². The van der Waals surface area contributed by atoms with E-state index >= 15 is 0 Å². The third kappa shape index (κ3) is 5.69. The minimum absolute atomic E-state index is 0.117. The Morgan fingerprint density at radius 1 is 1.17 bits per heavy atom. The molecular formula is C15H27NO2. The van der Waals surface area contributed by atoms with Crippen molar-refractivity contribution in [3.8, 4) is 0 Å². The fourth-order valence-electron chi connectivity index (χ4n) is 1.48. The first-order valence-corrected chi connectivity index (χ1v) is 6.54. The van der Waals surface area contributed by atoms with Gasteiger partial charge >= 0.3 is 0 Å². The number of nitrogens with one attached hydrogen (secondary N) is 1. The van der Waals surface area contributed by atoms with Crippen LogP contribution in [0, 0.1) is 6.92 Å². The topological polar surface area (TPSA) is 34.4 Å². The lowest BCUT2D eigenvalue weighted by molar-refractivity contribution is -0.0226. The molecule has 3 heteroatoms. The Hall–Kier alpha value is -0.800. The van der Waals surface area contributed by atoms with Crippen molar-refractivity contribution in [1.29, 1.82) is 0 Å². The number of ether oxygens (including phenoxy) is 1. The Labute approximate surface area is 111 Å². The highest BCUT2D eigenvalue weighted by Gasteiger charge is 2.15. The lowest BCUT2D eigenvalue weighted by Gasteiger charge is -2.20. The van der Waals surface area contributed by atoms with Crippen molar-refractivity contribution in [3.63, 3.8) is 0 Å². The van der Waals surface area contributed by atoms with Crippen molar-refractivity contribution in [2.45, 2.75) is 72.8 Å². The summed E-state index contributed by atoms with van der Waals surface area (Å²) in [6.45, 7) is 16.0. The van der Waals surface area contributed by atoms with Gasteiger partial charge in [-0.15, -0.1) is 0 Å². The molecule has 0 spiro atoms. The number of hydrogen-bond acceptors (Lipinski definition) is 3. The maximum absolute atomic E-state index is 5.71. The van der Waals surface area contributed by atoms with Crippen LogP contribution in [0.15, 0.2) is 10.5 Å². The first-order valence-electron chi connectivity index (χ1n) is 6.54. The van der Waals surface area contributed by atoms with Crippen molar-refractivity contribution in [3.05, 3.63) is 23.2 Å². The summed E-state index contributed by atoms with van der Waals surface area (Å²) in [4.78, 5) is 0. The van der Waals surface area contributed by atoms with Crippen molar-refractivity contribution in [1.82, 2.24) is 5.32 Å². The molecule has 0 radical (unpaired) electrons. The summed E-state index contributed by atoms with van der Waals surface area (Å²) in [5.41, 5.74) is 1.19. The monoisotopic (exact) mass is 253 g/mol. The largest absolute Gasteiger partial charge is 0.464 e. The van der Waals surface area contributed by atoms with Crippen LogP contribution in [0.4, 0.5) is 0 Å². The SMILES string of the molecule is Cc1oc(COC(C)(C)C)cc1CNC(C)(C)C. The molecule has 18 heavy (non-hydrogen) atoms. The van der Waals surface area contributed by atoms with Crippen molar-refractivity contribution in [2.75, 3.05) is 0 Å². The highest BCUT2D eigenvalue weighted by Crippen LogP contribution is 2.18. The minimum atomic E-state index is -0.134. The molecule has 1 N–H and O–H groups in total. The van der Waals surface area contributed by atoms with Crippen molar-refractivity contribution < 1.29 is 9.15 Å². The van der Waals surface area contributed by atoms with E-state index < -0.39 is 0 Å². The molecule has 0 saturated heterocycles. The Morgan fingerprint density at radius 3 is 2.28 bits per heavy atom. The maximum Gasteiger partial charge on any atom is 0.130 e. The zero-order valence-corrected chi connectivity index (χ0v) is 12.8. The average molecular weight is 253 g/mol. The van der Waals surface area contributed by atoms with Crippen LogP contribution in [0.25, 0.3) is 0 Å². The van der Waals surface area contributed by atoms with Gasteiger partial charge in [-0.25, -0.2) is 0 Å². The average Bonchev–Trinajstić information content (AvgIpc) is 2.51. The van der Waals surface area contributed by atoms with Crippen molar-refractivity contribution >= 4 is 0 Å². The normalized spacial score (nSPS) is 13.1. The third-order valence-electron chi connectivity index (χ3n) is 2.53. The summed E-state index contributed by atoms with van der Waals surface area (Å²) in [6.07, 6.45) is 0. The molecule has 0 aromatic carbocycles. The molecule has 1 heterocycles. The summed E-state index contributed by atoms with van der Waals surface area (Å²) in [5, 5.41) is 3.46. The van der Waals surface area contributed by atoms with E-state index in [9.17, 15) is 0 Å². The Morgan fingerprint density at radius 2 is 1.78 bits per heavy atom. The predicted molar refractivity (Wildman–Crippen MR) is 74.6 cm³/mol. The molecule has 1 aromatic heterocycles. The standard InChI is InChI=1S/C15H27NO2/c1-11-12(9-16-14(2,3)4)8-13(18-11)10-17-15(5,6)7/h8,16H,9-10H2,1-7H3. The van der Waals surface area contributed by atoms with Crippen LogP contribution in [0.1, 0.15) is 58.6 Å². The molecule has 0 atom stereocenters. The smallest absolute Gasteiger partial charge is 0.130 e. The molecule has 1 aromatic rings. The number of rotatable bonds is 4. The van der Waals surface area contributed by atoms with E-state index in [2.05, 4.69) is 32.2 Å². The van der Waals surface area contributed by atoms with E-state index in [1.54, 1.807) is 0 Å². The highest BCUT2D eigenvalue weighted by molar-refractivity contribution is 5.20. The molecule has 0 aliphatic carbocycles. The number of aryl methyl sites for hydroxylation is 1. The molecule has 0 unspecified atom stereocenters. The van der Waals surface area contributed by atoms with E-state index in [4.69, 9.17) is 9.15 Å². The van der Waals surface area contributed by atoms with Gasteiger partial charge in [-0.3, -0.25) is 0 Å². The van der Waals surface area contributed by atoms with Crippen LogP contribution in [0.3, 0.4) is 0 Å². The molecule has 0 saturated carbocycles. The molecule has 0 aliphatic rings. The molecule has 0 aliphatic heterocycles. The van der Waals surface area contributed by atoms with E-state index in [1.165, 1.54) is 5.56 Å². The van der Waals surface area contributed by atoms with E-state index in [1.807, 2.05) is 27.7 Å². The molecule has 0 bridgehead atoms. The quantitative estimate of drug-likeness (QED) is 0.886. The number of hydrogen-bond donors (Lipinski definition) is 1. The first kappa shape index (κ1) is 15.3. The minimum Gasteiger partial charge on any atom is -0.464 e. The fourth-order valence-corrected chi connectivity index (χ4v) is 1.48. The second kappa shape index (κ2) is 5.45. The molecule has 0 amide bonds. The van der Waals surface area contributed by atoms with Crippen LogP contribution in [0.2, 0.25) is 0 Å².